The first kappa shape index (κ1) is 11.6. The molecule has 0 saturated carbocycles. The van der Waals surface area contributed by atoms with Gasteiger partial charge in [-0.15, -0.1) is 0 Å². The molecule has 0 amide bonds. The van der Waals surface area contributed by atoms with Crippen molar-refractivity contribution in [1.29, 1.82) is 5.26 Å². The van der Waals surface area contributed by atoms with Crippen molar-refractivity contribution in [3.05, 3.63) is 0 Å². The van der Waals surface area contributed by atoms with E-state index in [4.69, 9.17) is 10.2 Å². The van der Waals surface area contributed by atoms with Crippen LogP contribution >= 0.6 is 9.03 Å². The highest BCUT2D eigenvalue weighted by Crippen LogP contribution is 2.01. The molecule has 0 aliphatic rings. The second kappa shape index (κ2) is 15.7. The monoisotopic (exact) mass is 149 g/mol. The summed E-state index contributed by atoms with van der Waals surface area (Å²) in [6.07, 6.45) is 0.355. The van der Waals surface area contributed by atoms with E-state index in [1.807, 2.05) is 19.9 Å². The van der Waals surface area contributed by atoms with Crippen LogP contribution in [-0.4, -0.2) is 11.5 Å². The summed E-state index contributed by atoms with van der Waals surface area (Å²) in [6.45, 7) is 4.34. The third-order valence-corrected chi connectivity index (χ3v) is 0.714. The van der Waals surface area contributed by atoms with Crippen LogP contribution in [0.5, 0.6) is 0 Å². The Balaban J connectivity index is 0. The van der Waals surface area contributed by atoms with E-state index in [0.29, 0.717) is 13.0 Å². The van der Waals surface area contributed by atoms with Crippen molar-refractivity contribution >= 4 is 9.03 Å². The highest BCUT2D eigenvalue weighted by molar-refractivity contribution is 7.24. The van der Waals surface area contributed by atoms with Crippen LogP contribution in [0.4, 0.5) is 0 Å². The summed E-state index contributed by atoms with van der Waals surface area (Å²) in [6, 6.07) is 1.87. The molecule has 0 aromatic heterocycles. The molecule has 0 fully saturated rings. The van der Waals surface area contributed by atoms with Gasteiger partial charge in [-0.25, -0.2) is 0 Å². The summed E-state index contributed by atoms with van der Waals surface area (Å²) in [5, 5.41) is 7.88. The van der Waals surface area contributed by atoms with Gasteiger partial charge in [-0.3, -0.25) is 0 Å². The summed E-state index contributed by atoms with van der Waals surface area (Å²) in [7, 11) is -0.483. The second-order valence-electron chi connectivity index (χ2n) is 0.848. The van der Waals surface area contributed by atoms with E-state index in [0.717, 1.165) is 0 Å². The Hall–Kier alpha value is -0.160. The molecule has 0 aromatic carbocycles. The van der Waals surface area contributed by atoms with Crippen molar-refractivity contribution in [2.75, 3.05) is 6.61 Å². The van der Waals surface area contributed by atoms with Crippen LogP contribution < -0.4 is 0 Å². The van der Waals surface area contributed by atoms with E-state index in [1.54, 1.807) is 0 Å². The molecular weight excluding hydrogens is 137 g/mol. The number of nitrogens with zero attached hydrogens (tertiary/aromatic N) is 1. The first-order chi connectivity index (χ1) is 4.41. The van der Waals surface area contributed by atoms with Gasteiger partial charge in [-0.05, 0) is 0 Å². The summed E-state index contributed by atoms with van der Waals surface area (Å²) in [5.74, 6) is 0. The third kappa shape index (κ3) is 18.1. The molecule has 0 spiro atoms. The maximum absolute atomic E-state index is 7.99. The van der Waals surface area contributed by atoms with Gasteiger partial charge in [0.2, 0.25) is 0 Å². The fourth-order valence-electron chi connectivity index (χ4n) is 0.142. The quantitative estimate of drug-likeness (QED) is 0.488. The Morgan fingerprint density at radius 1 is 1.67 bits per heavy atom. The molecule has 0 saturated heterocycles. The van der Waals surface area contributed by atoms with Crippen LogP contribution in [0.3, 0.4) is 0 Å². The van der Waals surface area contributed by atoms with Crippen LogP contribution in [-0.2, 0) is 4.52 Å². The maximum Gasteiger partial charge on any atom is 0.152 e. The van der Waals surface area contributed by atoms with Crippen LogP contribution in [0.2, 0.25) is 0 Å². The summed E-state index contributed by atoms with van der Waals surface area (Å²) in [5.41, 5.74) is 0. The lowest BCUT2D eigenvalue weighted by Crippen LogP contribution is -1.79. The van der Waals surface area contributed by atoms with Crippen molar-refractivity contribution in [1.82, 2.24) is 0 Å². The molecule has 0 bridgehead atoms. The lowest BCUT2D eigenvalue weighted by molar-refractivity contribution is 0.335. The molecule has 0 aliphatic carbocycles. The molecule has 9 heavy (non-hydrogen) atoms. The number of rotatable bonds is 3. The van der Waals surface area contributed by atoms with Crippen LogP contribution in [0, 0.1) is 11.3 Å². The standard InChI is InChI=1S/C3H6NO2P.C2H6/c4-2-1-3-6-7-5;1-2/h5,7H,1,3H2;1-2H3. The Labute approximate surface area is 57.6 Å². The van der Waals surface area contributed by atoms with E-state index < -0.39 is 9.03 Å². The summed E-state index contributed by atoms with van der Waals surface area (Å²) in [4.78, 5) is 7.99. The lowest BCUT2D eigenvalue weighted by atomic mass is 10.5. The van der Waals surface area contributed by atoms with Crippen molar-refractivity contribution in [3.8, 4) is 6.07 Å². The average Bonchev–Trinajstić information content (AvgIpc) is 1.94. The zero-order chi connectivity index (χ0) is 7.54. The summed E-state index contributed by atoms with van der Waals surface area (Å²) >= 11 is 0. The smallest absolute Gasteiger partial charge is 0.152 e. The SMILES string of the molecule is CC.N#CCCOPO. The van der Waals surface area contributed by atoms with Gasteiger partial charge in [0.05, 0.1) is 19.1 Å². The van der Waals surface area contributed by atoms with Crippen LogP contribution in [0.15, 0.2) is 0 Å². The molecule has 1 unspecified atom stereocenters. The minimum absolute atomic E-state index is 0.339. The Kier molecular flexibility index (Phi) is 20.2. The Morgan fingerprint density at radius 2 is 2.22 bits per heavy atom. The average molecular weight is 149 g/mol. The molecule has 0 aliphatic heterocycles. The van der Waals surface area contributed by atoms with Crippen molar-refractivity contribution < 1.29 is 9.42 Å². The molecule has 0 heterocycles. The van der Waals surface area contributed by atoms with E-state index in [1.165, 1.54) is 0 Å². The minimum atomic E-state index is -0.483. The molecule has 3 nitrogen and oxygen atoms in total. The number of nitriles is 1. The molecule has 1 atom stereocenters. The fourth-order valence-corrected chi connectivity index (χ4v) is 0.336. The van der Waals surface area contributed by atoms with Gasteiger partial charge in [0.15, 0.2) is 9.03 Å². The Morgan fingerprint density at radius 3 is 2.56 bits per heavy atom. The highest BCUT2D eigenvalue weighted by Gasteiger charge is 1.79. The van der Waals surface area contributed by atoms with Crippen molar-refractivity contribution in [2.45, 2.75) is 20.3 Å². The molecule has 54 valence electrons. The third-order valence-electron chi connectivity index (χ3n) is 0.380. The van der Waals surface area contributed by atoms with Gasteiger partial charge in [0.1, 0.15) is 0 Å². The van der Waals surface area contributed by atoms with Crippen LogP contribution in [0.25, 0.3) is 0 Å². The van der Waals surface area contributed by atoms with E-state index in [9.17, 15) is 0 Å². The zero-order valence-corrected chi connectivity index (χ0v) is 6.72. The number of hydrogen-bond acceptors (Lipinski definition) is 3. The van der Waals surface area contributed by atoms with E-state index >= 15 is 0 Å². The maximum atomic E-state index is 7.99. The van der Waals surface area contributed by atoms with E-state index in [-0.39, 0.29) is 0 Å². The zero-order valence-electron chi connectivity index (χ0n) is 5.72. The van der Waals surface area contributed by atoms with Crippen LogP contribution in [0.1, 0.15) is 20.3 Å². The number of hydrogen-bond donors (Lipinski definition) is 1. The van der Waals surface area contributed by atoms with Crippen molar-refractivity contribution in [2.24, 2.45) is 0 Å². The topological polar surface area (TPSA) is 53.2 Å². The highest BCUT2D eigenvalue weighted by atomic mass is 31.1. The first-order valence-corrected chi connectivity index (χ1v) is 3.65. The fraction of sp³-hybridized carbons (Fsp3) is 0.800. The Bertz CT molecular complexity index is 71.8. The van der Waals surface area contributed by atoms with Crippen molar-refractivity contribution in [3.63, 3.8) is 0 Å². The molecule has 0 rings (SSSR count). The van der Waals surface area contributed by atoms with Gasteiger partial charge < -0.3 is 9.42 Å². The largest absolute Gasteiger partial charge is 0.352 e. The molecule has 0 radical (unpaired) electrons. The van der Waals surface area contributed by atoms with Gasteiger partial charge in [-0.2, -0.15) is 5.26 Å². The molecule has 0 aromatic rings. The predicted octanol–water partition coefficient (Wildman–Crippen LogP) is 1.44. The van der Waals surface area contributed by atoms with Gasteiger partial charge in [-0.1, -0.05) is 13.8 Å². The molecule has 4 heteroatoms. The van der Waals surface area contributed by atoms with Gasteiger partial charge in [0, 0.05) is 0 Å². The van der Waals surface area contributed by atoms with E-state index in [2.05, 4.69) is 4.52 Å². The molecular formula is C5H12NO2P. The minimum Gasteiger partial charge on any atom is -0.352 e. The normalized spacial score (nSPS) is 8.22. The van der Waals surface area contributed by atoms with Gasteiger partial charge >= 0.3 is 0 Å². The predicted molar refractivity (Wildman–Crippen MR) is 38.1 cm³/mol. The lowest BCUT2D eigenvalue weighted by Gasteiger charge is -1.88. The summed E-state index contributed by atoms with van der Waals surface area (Å²) < 4.78 is 4.43. The van der Waals surface area contributed by atoms with Gasteiger partial charge in [0.25, 0.3) is 0 Å². The first-order valence-electron chi connectivity index (χ1n) is 2.79. The second-order valence-corrected chi connectivity index (χ2v) is 1.32. The molecule has 1 N–H and O–H groups in total.